The van der Waals surface area contributed by atoms with E-state index in [0.29, 0.717) is 5.56 Å². The smallest absolute Gasteiger partial charge is 0.244 e. The predicted octanol–water partition coefficient (Wildman–Crippen LogP) is 2.39. The molecule has 0 saturated carbocycles. The molecule has 0 radical (unpaired) electrons. The largest absolute Gasteiger partial charge is 0.472 e. The van der Waals surface area contributed by atoms with Crippen LogP contribution in [0.4, 0.5) is 0 Å². The predicted molar refractivity (Wildman–Crippen MR) is 84.7 cm³/mol. The van der Waals surface area contributed by atoms with Crippen molar-refractivity contribution in [1.82, 2.24) is 4.31 Å². The molecular formula is C13H13ClN2O3S2. The van der Waals surface area contributed by atoms with Crippen LogP contribution in [0.1, 0.15) is 11.1 Å². The third-order valence-corrected chi connectivity index (χ3v) is 5.41. The minimum absolute atomic E-state index is 0.0274. The van der Waals surface area contributed by atoms with Crippen molar-refractivity contribution in [2.75, 3.05) is 7.05 Å². The van der Waals surface area contributed by atoms with E-state index in [1.54, 1.807) is 12.1 Å². The normalized spacial score (nSPS) is 11.8. The minimum Gasteiger partial charge on any atom is -0.472 e. The molecule has 0 bridgehead atoms. The van der Waals surface area contributed by atoms with Crippen molar-refractivity contribution in [3.05, 3.63) is 52.9 Å². The summed E-state index contributed by atoms with van der Waals surface area (Å²) < 4.78 is 31.3. The van der Waals surface area contributed by atoms with Gasteiger partial charge in [-0.3, -0.25) is 0 Å². The van der Waals surface area contributed by atoms with Gasteiger partial charge < -0.3 is 10.2 Å². The molecule has 0 aliphatic rings. The molecule has 2 aromatic rings. The van der Waals surface area contributed by atoms with Crippen molar-refractivity contribution >= 4 is 38.8 Å². The van der Waals surface area contributed by atoms with Gasteiger partial charge in [0.1, 0.15) is 9.88 Å². The molecule has 1 aromatic heterocycles. The van der Waals surface area contributed by atoms with Crippen LogP contribution >= 0.6 is 23.8 Å². The van der Waals surface area contributed by atoms with Crippen LogP contribution < -0.4 is 5.73 Å². The molecule has 2 N–H and O–H groups in total. The SMILES string of the molecule is CN(Cc1ccoc1)S(=O)(=O)c1cc(C(N)=S)ccc1Cl. The number of benzene rings is 1. The fourth-order valence-corrected chi connectivity index (χ4v) is 3.53. The maximum atomic E-state index is 12.6. The number of hydrogen-bond donors (Lipinski definition) is 1. The molecule has 0 saturated heterocycles. The van der Waals surface area contributed by atoms with Crippen LogP contribution in [0.15, 0.2) is 46.1 Å². The highest BCUT2D eigenvalue weighted by molar-refractivity contribution is 7.89. The van der Waals surface area contributed by atoms with E-state index in [9.17, 15) is 8.42 Å². The zero-order chi connectivity index (χ0) is 15.6. The number of furan rings is 1. The number of thiocarbonyl (C=S) groups is 1. The van der Waals surface area contributed by atoms with Crippen molar-refractivity contribution in [3.63, 3.8) is 0 Å². The second kappa shape index (κ2) is 6.15. The van der Waals surface area contributed by atoms with E-state index < -0.39 is 10.0 Å². The fraction of sp³-hybridized carbons (Fsp3) is 0.154. The van der Waals surface area contributed by atoms with Gasteiger partial charge in [0.05, 0.1) is 17.5 Å². The monoisotopic (exact) mass is 344 g/mol. The third-order valence-electron chi connectivity index (χ3n) is 2.89. The Morgan fingerprint density at radius 3 is 2.71 bits per heavy atom. The summed E-state index contributed by atoms with van der Waals surface area (Å²) in [6, 6.07) is 6.12. The Morgan fingerprint density at radius 1 is 1.43 bits per heavy atom. The first kappa shape index (κ1) is 16.0. The first-order chi connectivity index (χ1) is 9.82. The van der Waals surface area contributed by atoms with E-state index >= 15 is 0 Å². The summed E-state index contributed by atoms with van der Waals surface area (Å²) in [7, 11) is -2.29. The molecule has 21 heavy (non-hydrogen) atoms. The van der Waals surface area contributed by atoms with Crippen LogP contribution in [0.3, 0.4) is 0 Å². The molecule has 1 heterocycles. The highest BCUT2D eigenvalue weighted by Gasteiger charge is 2.24. The van der Waals surface area contributed by atoms with Gasteiger partial charge in [0.15, 0.2) is 0 Å². The van der Waals surface area contributed by atoms with Crippen molar-refractivity contribution in [2.24, 2.45) is 5.73 Å². The Morgan fingerprint density at radius 2 is 2.14 bits per heavy atom. The zero-order valence-corrected chi connectivity index (χ0v) is 13.5. The van der Waals surface area contributed by atoms with E-state index in [-0.39, 0.29) is 21.5 Å². The van der Waals surface area contributed by atoms with Gasteiger partial charge >= 0.3 is 0 Å². The lowest BCUT2D eigenvalue weighted by Gasteiger charge is -2.17. The quantitative estimate of drug-likeness (QED) is 0.843. The van der Waals surface area contributed by atoms with Gasteiger partial charge in [0.25, 0.3) is 0 Å². The number of halogens is 1. The summed E-state index contributed by atoms with van der Waals surface area (Å²) in [5.41, 5.74) is 6.72. The number of rotatable bonds is 5. The highest BCUT2D eigenvalue weighted by Crippen LogP contribution is 2.26. The van der Waals surface area contributed by atoms with Crippen molar-refractivity contribution < 1.29 is 12.8 Å². The lowest BCUT2D eigenvalue weighted by atomic mass is 10.2. The van der Waals surface area contributed by atoms with Crippen LogP contribution in [-0.4, -0.2) is 24.8 Å². The first-order valence-electron chi connectivity index (χ1n) is 5.89. The molecule has 0 unspecified atom stereocenters. The maximum absolute atomic E-state index is 12.6. The summed E-state index contributed by atoms with van der Waals surface area (Å²) in [4.78, 5) is 0.0843. The summed E-state index contributed by atoms with van der Waals surface area (Å²) in [6.07, 6.45) is 2.97. The minimum atomic E-state index is -3.76. The van der Waals surface area contributed by atoms with E-state index in [2.05, 4.69) is 0 Å². The van der Waals surface area contributed by atoms with Gasteiger partial charge in [0.2, 0.25) is 10.0 Å². The first-order valence-corrected chi connectivity index (χ1v) is 8.12. The summed E-state index contributed by atoms with van der Waals surface area (Å²) >= 11 is 10.9. The molecule has 0 atom stereocenters. The molecule has 1 aromatic carbocycles. The average Bonchev–Trinajstić information content (AvgIpc) is 2.91. The maximum Gasteiger partial charge on any atom is 0.244 e. The second-order valence-corrected chi connectivity index (χ2v) is 7.26. The van der Waals surface area contributed by atoms with Crippen molar-refractivity contribution in [1.29, 1.82) is 0 Å². The summed E-state index contributed by atoms with van der Waals surface area (Å²) in [5.74, 6) is 0. The Bertz CT molecular complexity index is 758. The third kappa shape index (κ3) is 3.44. The Hall–Kier alpha value is -1.41. The standard InChI is InChI=1S/C13H13ClN2O3S2/c1-16(7-9-4-5-19-8-9)21(17,18)12-6-10(13(15)20)2-3-11(12)14/h2-6,8H,7H2,1H3,(H2,15,20). The van der Waals surface area contributed by atoms with Gasteiger partial charge in [0, 0.05) is 24.7 Å². The van der Waals surface area contributed by atoms with Gasteiger partial charge in [-0.2, -0.15) is 4.31 Å². The number of sulfonamides is 1. The molecular weight excluding hydrogens is 332 g/mol. The summed E-state index contributed by atoms with van der Waals surface area (Å²) in [6.45, 7) is 0.173. The zero-order valence-electron chi connectivity index (χ0n) is 11.1. The van der Waals surface area contributed by atoms with Gasteiger partial charge in [-0.25, -0.2) is 8.42 Å². The molecule has 5 nitrogen and oxygen atoms in total. The van der Waals surface area contributed by atoms with Gasteiger partial charge in [-0.05, 0) is 18.2 Å². The Labute approximate surface area is 133 Å². The molecule has 0 aliphatic carbocycles. The highest BCUT2D eigenvalue weighted by atomic mass is 35.5. The van der Waals surface area contributed by atoms with Crippen LogP contribution in [0, 0.1) is 0 Å². The Kier molecular flexibility index (Phi) is 4.67. The topological polar surface area (TPSA) is 76.5 Å². The number of nitrogens with zero attached hydrogens (tertiary/aromatic N) is 1. The second-order valence-electron chi connectivity index (χ2n) is 4.40. The fourth-order valence-electron chi connectivity index (χ4n) is 1.75. The number of hydrogen-bond acceptors (Lipinski definition) is 4. The van der Waals surface area contributed by atoms with Crippen LogP contribution in [0.5, 0.6) is 0 Å². The van der Waals surface area contributed by atoms with Gasteiger partial charge in [-0.15, -0.1) is 0 Å². The molecule has 112 valence electrons. The van der Waals surface area contributed by atoms with Crippen molar-refractivity contribution in [3.8, 4) is 0 Å². The van der Waals surface area contributed by atoms with E-state index in [1.807, 2.05) is 0 Å². The number of nitrogens with two attached hydrogens (primary N) is 1. The van der Waals surface area contributed by atoms with Crippen LogP contribution in [0.25, 0.3) is 0 Å². The van der Waals surface area contributed by atoms with Crippen LogP contribution in [-0.2, 0) is 16.6 Å². The lowest BCUT2D eigenvalue weighted by molar-refractivity contribution is 0.463. The molecule has 0 aliphatic heterocycles. The van der Waals surface area contributed by atoms with E-state index in [1.165, 1.54) is 36.0 Å². The van der Waals surface area contributed by atoms with Crippen molar-refractivity contribution in [2.45, 2.75) is 11.4 Å². The molecule has 0 amide bonds. The Balaban J connectivity index is 2.38. The molecule has 0 fully saturated rings. The average molecular weight is 345 g/mol. The molecule has 8 heteroatoms. The molecule has 0 spiro atoms. The summed E-state index contributed by atoms with van der Waals surface area (Å²) in [5, 5.41) is 0.119. The van der Waals surface area contributed by atoms with Crippen LogP contribution in [0.2, 0.25) is 5.02 Å². The molecule has 2 rings (SSSR count). The van der Waals surface area contributed by atoms with Gasteiger partial charge in [-0.1, -0.05) is 29.9 Å². The van der Waals surface area contributed by atoms with E-state index in [0.717, 1.165) is 5.56 Å². The lowest BCUT2D eigenvalue weighted by Crippen LogP contribution is -2.27. The van der Waals surface area contributed by atoms with E-state index in [4.69, 9.17) is 34.0 Å².